The minimum absolute atomic E-state index is 0.0309. The molecule has 1 nitrogen and oxygen atoms in total. The Bertz CT molecular complexity index is 643. The van der Waals surface area contributed by atoms with Crippen molar-refractivity contribution in [3.8, 4) is 0 Å². The first-order valence-electron chi connectivity index (χ1n) is 5.89. The first-order chi connectivity index (χ1) is 9.47. The minimum atomic E-state index is -0.257. The maximum atomic E-state index is 12.4. The molecular formula is C15H11Cl3OS. The van der Waals surface area contributed by atoms with Gasteiger partial charge in [-0.3, -0.25) is 4.79 Å². The molecule has 0 fully saturated rings. The molecule has 0 amide bonds. The summed E-state index contributed by atoms with van der Waals surface area (Å²) in [6, 6.07) is 12.3. The van der Waals surface area contributed by atoms with Gasteiger partial charge >= 0.3 is 0 Å². The number of hydrogen-bond acceptors (Lipinski definition) is 2. The molecule has 104 valence electrons. The van der Waals surface area contributed by atoms with E-state index in [0.717, 1.165) is 4.90 Å². The molecule has 0 aromatic heterocycles. The van der Waals surface area contributed by atoms with Crippen molar-refractivity contribution in [1.82, 2.24) is 0 Å². The molecule has 0 N–H and O–H groups in total. The third-order valence-electron chi connectivity index (χ3n) is 2.67. The van der Waals surface area contributed by atoms with E-state index in [0.29, 0.717) is 20.6 Å². The van der Waals surface area contributed by atoms with E-state index in [1.807, 2.05) is 25.1 Å². The molecule has 20 heavy (non-hydrogen) atoms. The molecule has 0 spiro atoms. The number of Topliss-reactive ketones (excluding diaryl/α,β-unsaturated/α-hetero) is 1. The number of carbonyl (C=O) groups excluding carboxylic acids is 1. The van der Waals surface area contributed by atoms with E-state index < -0.39 is 0 Å². The lowest BCUT2D eigenvalue weighted by Crippen LogP contribution is -2.13. The third-order valence-corrected chi connectivity index (χ3v) is 4.55. The van der Waals surface area contributed by atoms with Crippen molar-refractivity contribution in [1.29, 1.82) is 0 Å². The first kappa shape index (κ1) is 15.7. The van der Waals surface area contributed by atoms with E-state index in [-0.39, 0.29) is 11.0 Å². The molecule has 2 aromatic carbocycles. The van der Waals surface area contributed by atoms with Gasteiger partial charge in [0.2, 0.25) is 0 Å². The van der Waals surface area contributed by atoms with E-state index in [2.05, 4.69) is 0 Å². The number of rotatable bonds is 4. The van der Waals surface area contributed by atoms with Crippen LogP contribution in [0.25, 0.3) is 0 Å². The van der Waals surface area contributed by atoms with Crippen molar-refractivity contribution in [3.05, 3.63) is 63.1 Å². The Morgan fingerprint density at radius 1 is 1.05 bits per heavy atom. The molecule has 1 atom stereocenters. The fourth-order valence-electron chi connectivity index (χ4n) is 1.71. The Balaban J connectivity index is 2.16. The minimum Gasteiger partial charge on any atom is -0.293 e. The second kappa shape index (κ2) is 6.86. The zero-order chi connectivity index (χ0) is 14.7. The van der Waals surface area contributed by atoms with Crippen LogP contribution in [0.15, 0.2) is 47.4 Å². The standard InChI is InChI=1S/C15H11Cl3OS/c1-9(20-12-4-2-3-10(16)7-12)15(19)13-6-5-11(17)8-14(13)18/h2-9H,1H3. The highest BCUT2D eigenvalue weighted by atomic mass is 35.5. The number of carbonyl (C=O) groups is 1. The van der Waals surface area contributed by atoms with Gasteiger partial charge in [0.05, 0.1) is 10.3 Å². The summed E-state index contributed by atoms with van der Waals surface area (Å²) in [5.74, 6) is -0.0309. The van der Waals surface area contributed by atoms with Crippen LogP contribution >= 0.6 is 46.6 Å². The summed E-state index contributed by atoms with van der Waals surface area (Å²) >= 11 is 19.3. The Hall–Kier alpha value is -0.670. The second-order valence-corrected chi connectivity index (χ2v) is 6.90. The van der Waals surface area contributed by atoms with Crippen LogP contribution < -0.4 is 0 Å². The highest BCUT2D eigenvalue weighted by Crippen LogP contribution is 2.30. The predicted octanol–water partition coefficient (Wildman–Crippen LogP) is 6.01. The molecule has 0 saturated heterocycles. The number of benzene rings is 2. The first-order valence-corrected chi connectivity index (χ1v) is 7.90. The van der Waals surface area contributed by atoms with Gasteiger partial charge in [-0.15, -0.1) is 11.8 Å². The maximum absolute atomic E-state index is 12.4. The fourth-order valence-corrected chi connectivity index (χ4v) is 3.46. The quantitative estimate of drug-likeness (QED) is 0.498. The van der Waals surface area contributed by atoms with Crippen LogP contribution in [0.5, 0.6) is 0 Å². The van der Waals surface area contributed by atoms with Gasteiger partial charge in [-0.1, -0.05) is 40.9 Å². The number of hydrogen-bond donors (Lipinski definition) is 0. The normalized spacial score (nSPS) is 12.2. The smallest absolute Gasteiger partial charge is 0.177 e. The van der Waals surface area contributed by atoms with Crippen molar-refractivity contribution < 1.29 is 4.79 Å². The molecular weight excluding hydrogens is 335 g/mol. The van der Waals surface area contributed by atoms with Gasteiger partial charge in [-0.2, -0.15) is 0 Å². The van der Waals surface area contributed by atoms with Gasteiger partial charge in [-0.25, -0.2) is 0 Å². The number of thioether (sulfide) groups is 1. The molecule has 0 aliphatic rings. The van der Waals surface area contributed by atoms with E-state index in [9.17, 15) is 4.79 Å². The largest absolute Gasteiger partial charge is 0.293 e. The van der Waals surface area contributed by atoms with Crippen LogP contribution in [0.3, 0.4) is 0 Å². The van der Waals surface area contributed by atoms with Crippen molar-refractivity contribution in [2.75, 3.05) is 0 Å². The number of ketones is 1. The van der Waals surface area contributed by atoms with Crippen LogP contribution in [-0.4, -0.2) is 11.0 Å². The molecule has 0 bridgehead atoms. The van der Waals surface area contributed by atoms with Crippen molar-refractivity contribution >= 4 is 52.3 Å². The average Bonchev–Trinajstić information content (AvgIpc) is 2.38. The van der Waals surface area contributed by atoms with Crippen molar-refractivity contribution in [3.63, 3.8) is 0 Å². The van der Waals surface area contributed by atoms with E-state index in [1.54, 1.807) is 24.3 Å². The SMILES string of the molecule is CC(Sc1cccc(Cl)c1)C(=O)c1ccc(Cl)cc1Cl. The average molecular weight is 346 g/mol. The van der Waals surface area contributed by atoms with Crippen LogP contribution in [0, 0.1) is 0 Å². The molecule has 0 heterocycles. The van der Waals surface area contributed by atoms with Crippen molar-refractivity contribution in [2.45, 2.75) is 17.1 Å². The molecule has 5 heteroatoms. The van der Waals surface area contributed by atoms with Crippen LogP contribution in [0.2, 0.25) is 15.1 Å². The zero-order valence-corrected chi connectivity index (χ0v) is 13.7. The summed E-state index contributed by atoms with van der Waals surface area (Å²) in [4.78, 5) is 13.3. The molecule has 2 aromatic rings. The molecule has 0 aliphatic heterocycles. The van der Waals surface area contributed by atoms with Gasteiger partial charge in [0.15, 0.2) is 5.78 Å². The lowest BCUT2D eigenvalue weighted by atomic mass is 10.1. The van der Waals surface area contributed by atoms with Crippen LogP contribution in [-0.2, 0) is 0 Å². The molecule has 0 saturated carbocycles. The Kier molecular flexibility index (Phi) is 5.39. The Morgan fingerprint density at radius 2 is 1.75 bits per heavy atom. The summed E-state index contributed by atoms with van der Waals surface area (Å²) < 4.78 is 0. The number of halogens is 3. The van der Waals surface area contributed by atoms with Crippen molar-refractivity contribution in [2.24, 2.45) is 0 Å². The monoisotopic (exact) mass is 344 g/mol. The van der Waals surface area contributed by atoms with Gasteiger partial charge in [0.1, 0.15) is 0 Å². The second-order valence-electron chi connectivity index (χ2n) is 4.21. The van der Waals surface area contributed by atoms with E-state index in [4.69, 9.17) is 34.8 Å². The topological polar surface area (TPSA) is 17.1 Å². The van der Waals surface area contributed by atoms with Crippen LogP contribution in [0.1, 0.15) is 17.3 Å². The van der Waals surface area contributed by atoms with Gasteiger partial charge < -0.3 is 0 Å². The summed E-state index contributed by atoms with van der Waals surface area (Å²) in [5, 5.41) is 1.29. The lowest BCUT2D eigenvalue weighted by Gasteiger charge is -2.11. The zero-order valence-electron chi connectivity index (χ0n) is 10.6. The Morgan fingerprint density at radius 3 is 2.40 bits per heavy atom. The summed E-state index contributed by atoms with van der Waals surface area (Å²) in [5.41, 5.74) is 0.484. The highest BCUT2D eigenvalue weighted by Gasteiger charge is 2.19. The van der Waals surface area contributed by atoms with E-state index in [1.165, 1.54) is 11.8 Å². The Labute approximate surface area is 137 Å². The third kappa shape index (κ3) is 3.92. The van der Waals surface area contributed by atoms with Gasteiger partial charge in [0.25, 0.3) is 0 Å². The molecule has 1 unspecified atom stereocenters. The summed E-state index contributed by atoms with van der Waals surface area (Å²) in [7, 11) is 0. The van der Waals surface area contributed by atoms with E-state index >= 15 is 0 Å². The predicted molar refractivity (Wildman–Crippen MR) is 87.6 cm³/mol. The lowest BCUT2D eigenvalue weighted by molar-refractivity contribution is 0.0994. The molecule has 2 rings (SSSR count). The highest BCUT2D eigenvalue weighted by molar-refractivity contribution is 8.00. The summed E-state index contributed by atoms with van der Waals surface area (Å²) in [6.45, 7) is 1.85. The van der Waals surface area contributed by atoms with Crippen LogP contribution in [0.4, 0.5) is 0 Å². The van der Waals surface area contributed by atoms with Gasteiger partial charge in [0, 0.05) is 20.5 Å². The molecule has 0 aliphatic carbocycles. The maximum Gasteiger partial charge on any atom is 0.177 e. The summed E-state index contributed by atoms with van der Waals surface area (Å²) in [6.07, 6.45) is 0. The molecule has 0 radical (unpaired) electrons. The fraction of sp³-hybridized carbons (Fsp3) is 0.133. The van der Waals surface area contributed by atoms with Gasteiger partial charge in [-0.05, 0) is 43.3 Å².